The van der Waals surface area contributed by atoms with E-state index < -0.39 is 0 Å². The molecule has 0 spiro atoms. The Kier molecular flexibility index (Phi) is 3.28. The van der Waals surface area contributed by atoms with Gasteiger partial charge >= 0.3 is 0 Å². The van der Waals surface area contributed by atoms with E-state index in [0.717, 1.165) is 22.6 Å². The highest BCUT2D eigenvalue weighted by molar-refractivity contribution is 5.47. The van der Waals surface area contributed by atoms with Crippen LogP contribution in [0.4, 0.5) is 0 Å². The second-order valence-electron chi connectivity index (χ2n) is 6.46. The van der Waals surface area contributed by atoms with Crippen molar-refractivity contribution in [2.24, 2.45) is 0 Å². The van der Waals surface area contributed by atoms with Crippen LogP contribution in [0, 0.1) is 0 Å². The average Bonchev–Trinajstić information content (AvgIpc) is 2.87. The van der Waals surface area contributed by atoms with E-state index >= 15 is 0 Å². The number of rotatable bonds is 2. The molecule has 0 saturated carbocycles. The SMILES string of the molecule is CC(C)(C)c1ccc(O)c(Cc2ccc3c(c2)OCO3)c1. The molecule has 3 heteroatoms. The summed E-state index contributed by atoms with van der Waals surface area (Å²) >= 11 is 0. The number of fused-ring (bicyclic) bond motifs is 1. The van der Waals surface area contributed by atoms with Crippen LogP contribution in [-0.4, -0.2) is 11.9 Å². The Hall–Kier alpha value is -2.16. The molecule has 3 nitrogen and oxygen atoms in total. The maximum absolute atomic E-state index is 10.1. The zero-order chi connectivity index (χ0) is 15.0. The Morgan fingerprint density at radius 2 is 1.76 bits per heavy atom. The molecule has 0 aromatic heterocycles. The summed E-state index contributed by atoms with van der Waals surface area (Å²) in [6, 6.07) is 11.8. The number of benzene rings is 2. The number of hydrogen-bond acceptors (Lipinski definition) is 3. The van der Waals surface area contributed by atoms with Gasteiger partial charge in [0.25, 0.3) is 0 Å². The van der Waals surface area contributed by atoms with Crippen molar-refractivity contribution in [3.8, 4) is 17.2 Å². The first-order valence-electron chi connectivity index (χ1n) is 7.14. The fourth-order valence-corrected chi connectivity index (χ4v) is 2.46. The van der Waals surface area contributed by atoms with Crippen molar-refractivity contribution in [2.75, 3.05) is 6.79 Å². The predicted molar refractivity (Wildman–Crippen MR) is 82.2 cm³/mol. The van der Waals surface area contributed by atoms with E-state index in [2.05, 4.69) is 26.8 Å². The largest absolute Gasteiger partial charge is 0.508 e. The van der Waals surface area contributed by atoms with Crippen molar-refractivity contribution in [3.63, 3.8) is 0 Å². The molecule has 0 amide bonds. The standard InChI is InChI=1S/C18H20O3/c1-18(2,3)14-5-6-15(19)13(10-14)8-12-4-7-16-17(9-12)21-11-20-16/h4-7,9-10,19H,8,11H2,1-3H3. The van der Waals surface area contributed by atoms with E-state index in [0.29, 0.717) is 12.2 Å². The molecule has 0 aliphatic carbocycles. The molecule has 0 saturated heterocycles. The molecule has 110 valence electrons. The van der Waals surface area contributed by atoms with Crippen LogP contribution >= 0.6 is 0 Å². The second-order valence-corrected chi connectivity index (χ2v) is 6.46. The molecule has 2 aromatic rings. The molecule has 3 rings (SSSR count). The van der Waals surface area contributed by atoms with Crippen molar-refractivity contribution < 1.29 is 14.6 Å². The first-order chi connectivity index (χ1) is 9.93. The Balaban J connectivity index is 1.91. The maximum Gasteiger partial charge on any atom is 0.231 e. The quantitative estimate of drug-likeness (QED) is 0.905. The van der Waals surface area contributed by atoms with Gasteiger partial charge in [0, 0.05) is 6.42 Å². The van der Waals surface area contributed by atoms with E-state index in [-0.39, 0.29) is 12.2 Å². The molecule has 1 heterocycles. The zero-order valence-electron chi connectivity index (χ0n) is 12.6. The van der Waals surface area contributed by atoms with Gasteiger partial charge in [-0.2, -0.15) is 0 Å². The molecule has 2 aromatic carbocycles. The smallest absolute Gasteiger partial charge is 0.231 e. The second kappa shape index (κ2) is 4.99. The first kappa shape index (κ1) is 13.8. The lowest BCUT2D eigenvalue weighted by Gasteiger charge is -2.20. The Labute approximate surface area is 125 Å². The third-order valence-corrected chi connectivity index (χ3v) is 3.78. The van der Waals surface area contributed by atoms with Gasteiger partial charge < -0.3 is 14.6 Å². The van der Waals surface area contributed by atoms with Crippen LogP contribution < -0.4 is 9.47 Å². The third kappa shape index (κ3) is 2.82. The average molecular weight is 284 g/mol. The minimum absolute atomic E-state index is 0.0668. The van der Waals surface area contributed by atoms with Gasteiger partial charge in [-0.15, -0.1) is 0 Å². The van der Waals surface area contributed by atoms with Crippen LogP contribution in [0.3, 0.4) is 0 Å². The normalized spacial score (nSPS) is 13.5. The van der Waals surface area contributed by atoms with Gasteiger partial charge in [-0.1, -0.05) is 39.0 Å². The summed E-state index contributed by atoms with van der Waals surface area (Å²) in [6.45, 7) is 6.79. The third-order valence-electron chi connectivity index (χ3n) is 3.78. The van der Waals surface area contributed by atoms with E-state index in [4.69, 9.17) is 9.47 Å². The summed E-state index contributed by atoms with van der Waals surface area (Å²) in [6.07, 6.45) is 0.673. The van der Waals surface area contributed by atoms with Crippen molar-refractivity contribution in [2.45, 2.75) is 32.6 Å². The lowest BCUT2D eigenvalue weighted by molar-refractivity contribution is 0.174. The molecule has 0 bridgehead atoms. The van der Waals surface area contributed by atoms with Crippen LogP contribution in [0.1, 0.15) is 37.5 Å². The van der Waals surface area contributed by atoms with Crippen LogP contribution in [0.5, 0.6) is 17.2 Å². The van der Waals surface area contributed by atoms with E-state index in [9.17, 15) is 5.11 Å². The Bertz CT molecular complexity index is 669. The molecular weight excluding hydrogens is 264 g/mol. The highest BCUT2D eigenvalue weighted by atomic mass is 16.7. The number of phenols is 1. The topological polar surface area (TPSA) is 38.7 Å². The lowest BCUT2D eigenvalue weighted by atomic mass is 9.85. The molecule has 0 unspecified atom stereocenters. The summed E-state index contributed by atoms with van der Waals surface area (Å²) in [5.74, 6) is 1.89. The van der Waals surface area contributed by atoms with E-state index in [1.807, 2.05) is 24.3 Å². The minimum atomic E-state index is 0.0668. The molecular formula is C18H20O3. The highest BCUT2D eigenvalue weighted by Crippen LogP contribution is 2.34. The fourth-order valence-electron chi connectivity index (χ4n) is 2.46. The molecule has 21 heavy (non-hydrogen) atoms. The van der Waals surface area contributed by atoms with Gasteiger partial charge in [0.15, 0.2) is 11.5 Å². The van der Waals surface area contributed by atoms with Gasteiger partial charge in [-0.25, -0.2) is 0 Å². The summed E-state index contributed by atoms with van der Waals surface area (Å²) in [4.78, 5) is 0. The number of aromatic hydroxyl groups is 1. The molecule has 0 fully saturated rings. The first-order valence-corrected chi connectivity index (χ1v) is 7.14. The summed E-state index contributed by atoms with van der Waals surface area (Å²) in [7, 11) is 0. The molecule has 0 radical (unpaired) electrons. The van der Waals surface area contributed by atoms with Crippen LogP contribution in [0.25, 0.3) is 0 Å². The Morgan fingerprint density at radius 1 is 1.00 bits per heavy atom. The van der Waals surface area contributed by atoms with Gasteiger partial charge in [0.2, 0.25) is 6.79 Å². The van der Waals surface area contributed by atoms with Crippen LogP contribution in [0.15, 0.2) is 36.4 Å². The predicted octanol–water partition coefficient (Wildman–Crippen LogP) is 4.01. The van der Waals surface area contributed by atoms with Crippen LogP contribution in [-0.2, 0) is 11.8 Å². The van der Waals surface area contributed by atoms with Crippen molar-refractivity contribution in [3.05, 3.63) is 53.1 Å². The van der Waals surface area contributed by atoms with Gasteiger partial charge in [-0.3, -0.25) is 0 Å². The zero-order valence-corrected chi connectivity index (χ0v) is 12.6. The highest BCUT2D eigenvalue weighted by Gasteiger charge is 2.17. The molecule has 1 N–H and O–H groups in total. The molecule has 1 aliphatic heterocycles. The van der Waals surface area contributed by atoms with E-state index in [1.54, 1.807) is 6.07 Å². The van der Waals surface area contributed by atoms with Crippen molar-refractivity contribution in [1.29, 1.82) is 0 Å². The summed E-state index contributed by atoms with van der Waals surface area (Å²) in [5, 5.41) is 10.1. The van der Waals surface area contributed by atoms with Crippen molar-refractivity contribution in [1.82, 2.24) is 0 Å². The van der Waals surface area contributed by atoms with Gasteiger partial charge in [0.1, 0.15) is 5.75 Å². The monoisotopic (exact) mass is 284 g/mol. The number of hydrogen-bond donors (Lipinski definition) is 1. The van der Waals surface area contributed by atoms with Gasteiger partial charge in [-0.05, 0) is 40.3 Å². The minimum Gasteiger partial charge on any atom is -0.508 e. The van der Waals surface area contributed by atoms with E-state index in [1.165, 1.54) is 5.56 Å². The lowest BCUT2D eigenvalue weighted by Crippen LogP contribution is -2.11. The number of ether oxygens (including phenoxy) is 2. The van der Waals surface area contributed by atoms with Gasteiger partial charge in [0.05, 0.1) is 0 Å². The molecule has 1 aliphatic rings. The Morgan fingerprint density at radius 3 is 2.52 bits per heavy atom. The van der Waals surface area contributed by atoms with Crippen LogP contribution in [0.2, 0.25) is 0 Å². The number of phenolic OH excluding ortho intramolecular Hbond substituents is 1. The summed E-state index contributed by atoms with van der Waals surface area (Å²) in [5.41, 5.74) is 3.31. The summed E-state index contributed by atoms with van der Waals surface area (Å²) < 4.78 is 10.7. The molecule has 0 atom stereocenters. The maximum atomic E-state index is 10.1. The van der Waals surface area contributed by atoms with Crippen molar-refractivity contribution >= 4 is 0 Å². The fraction of sp³-hybridized carbons (Fsp3) is 0.333.